The van der Waals surface area contributed by atoms with Crippen molar-refractivity contribution in [1.29, 1.82) is 0 Å². The van der Waals surface area contributed by atoms with Gasteiger partial charge in [-0.25, -0.2) is 0 Å². The maximum Gasteiger partial charge on any atom is 0.267 e. The molecule has 3 rings (SSSR count). The molecule has 0 aromatic carbocycles. The second-order valence-corrected chi connectivity index (χ2v) is 7.73. The van der Waals surface area contributed by atoms with Crippen molar-refractivity contribution in [3.8, 4) is 0 Å². The Morgan fingerprint density at radius 3 is 2.77 bits per heavy atom. The fourth-order valence-corrected chi connectivity index (χ4v) is 4.23. The first kappa shape index (κ1) is 18.9. The van der Waals surface area contributed by atoms with Crippen LogP contribution in [-0.2, 0) is 6.42 Å². The molecule has 140 valence electrons. The normalized spacial score (nSPS) is 15.2. The number of hydrogen-bond acceptors (Lipinski definition) is 7. The van der Waals surface area contributed by atoms with Crippen molar-refractivity contribution in [2.24, 2.45) is 0 Å². The molecule has 1 saturated heterocycles. The number of rotatable bonds is 7. The van der Waals surface area contributed by atoms with E-state index in [1.807, 2.05) is 21.7 Å². The van der Waals surface area contributed by atoms with Crippen molar-refractivity contribution in [2.75, 3.05) is 39.3 Å². The van der Waals surface area contributed by atoms with Crippen LogP contribution in [0.15, 0.2) is 16.8 Å². The molecule has 0 spiro atoms. The van der Waals surface area contributed by atoms with E-state index in [1.165, 1.54) is 22.9 Å². The summed E-state index contributed by atoms with van der Waals surface area (Å²) in [6.07, 6.45) is 1.75. The van der Waals surface area contributed by atoms with Crippen LogP contribution in [0.5, 0.6) is 0 Å². The molecule has 1 N–H and O–H groups in total. The van der Waals surface area contributed by atoms with Gasteiger partial charge in [-0.3, -0.25) is 14.5 Å². The molecule has 26 heavy (non-hydrogen) atoms. The number of thiophene rings is 1. The summed E-state index contributed by atoms with van der Waals surface area (Å²) in [5, 5.41) is 10.8. The molecule has 7 nitrogen and oxygen atoms in total. The monoisotopic (exact) mass is 393 g/mol. The van der Waals surface area contributed by atoms with Gasteiger partial charge in [-0.1, -0.05) is 17.8 Å². The lowest BCUT2D eigenvalue weighted by Gasteiger charge is -2.34. The lowest BCUT2D eigenvalue weighted by molar-refractivity contribution is 0.0641. The summed E-state index contributed by atoms with van der Waals surface area (Å²) >= 11 is 2.71. The van der Waals surface area contributed by atoms with Gasteiger partial charge in [-0.05, 0) is 29.4 Å². The number of amides is 2. The van der Waals surface area contributed by atoms with E-state index >= 15 is 0 Å². The first-order chi connectivity index (χ1) is 12.7. The van der Waals surface area contributed by atoms with E-state index in [4.69, 9.17) is 0 Å². The fraction of sp³-hybridized carbons (Fsp3) is 0.529. The Morgan fingerprint density at radius 1 is 1.27 bits per heavy atom. The number of carbonyl (C=O) groups excluding carboxylic acids is 2. The van der Waals surface area contributed by atoms with E-state index in [-0.39, 0.29) is 11.8 Å². The Kier molecular flexibility index (Phi) is 6.70. The van der Waals surface area contributed by atoms with Crippen LogP contribution in [-0.4, -0.2) is 70.5 Å². The van der Waals surface area contributed by atoms with Crippen LogP contribution in [0.1, 0.15) is 39.1 Å². The Bertz CT molecular complexity index is 723. The quantitative estimate of drug-likeness (QED) is 0.775. The van der Waals surface area contributed by atoms with Crippen LogP contribution in [0.25, 0.3) is 0 Å². The largest absolute Gasteiger partial charge is 0.351 e. The highest BCUT2D eigenvalue weighted by atomic mass is 32.1. The Morgan fingerprint density at radius 2 is 2.08 bits per heavy atom. The zero-order valence-corrected chi connectivity index (χ0v) is 16.4. The highest BCUT2D eigenvalue weighted by Gasteiger charge is 2.25. The van der Waals surface area contributed by atoms with E-state index in [0.29, 0.717) is 30.1 Å². The van der Waals surface area contributed by atoms with Gasteiger partial charge in [0.15, 0.2) is 0 Å². The molecule has 0 atom stereocenters. The van der Waals surface area contributed by atoms with Crippen molar-refractivity contribution in [3.05, 3.63) is 33.0 Å². The van der Waals surface area contributed by atoms with Gasteiger partial charge in [0.25, 0.3) is 11.8 Å². The van der Waals surface area contributed by atoms with Crippen LogP contribution >= 0.6 is 22.9 Å². The SMILES string of the molecule is CCCc1nnsc1C(=O)N1CCN(CCNC(=O)c2ccsc2)CC1. The van der Waals surface area contributed by atoms with Crippen molar-refractivity contribution >= 4 is 34.7 Å². The van der Waals surface area contributed by atoms with E-state index < -0.39 is 0 Å². The summed E-state index contributed by atoms with van der Waals surface area (Å²) in [6, 6.07) is 1.82. The van der Waals surface area contributed by atoms with E-state index in [2.05, 4.69) is 26.7 Å². The van der Waals surface area contributed by atoms with Gasteiger partial charge in [0.05, 0.1) is 5.69 Å². The van der Waals surface area contributed by atoms with Gasteiger partial charge in [0.2, 0.25) is 0 Å². The number of aromatic nitrogens is 2. The molecule has 0 unspecified atom stereocenters. The molecule has 0 bridgehead atoms. The van der Waals surface area contributed by atoms with Crippen molar-refractivity contribution < 1.29 is 9.59 Å². The second kappa shape index (κ2) is 9.20. The molecular formula is C17H23N5O2S2. The molecule has 0 aliphatic carbocycles. The Hall–Kier alpha value is -1.84. The molecule has 1 fully saturated rings. The standard InChI is InChI=1S/C17H23N5O2S2/c1-2-3-14-15(26-20-19-14)17(24)22-9-7-21(8-10-22)6-5-18-16(23)13-4-11-25-12-13/h4,11-12H,2-3,5-10H2,1H3,(H,18,23). The molecule has 0 radical (unpaired) electrons. The van der Waals surface area contributed by atoms with Crippen LogP contribution in [0, 0.1) is 0 Å². The Labute approximate surface area is 161 Å². The van der Waals surface area contributed by atoms with E-state index in [1.54, 1.807) is 0 Å². The highest BCUT2D eigenvalue weighted by Crippen LogP contribution is 2.16. The molecular weight excluding hydrogens is 370 g/mol. The lowest BCUT2D eigenvalue weighted by Crippen LogP contribution is -2.50. The number of nitrogens with one attached hydrogen (secondary N) is 1. The minimum Gasteiger partial charge on any atom is -0.351 e. The van der Waals surface area contributed by atoms with Gasteiger partial charge < -0.3 is 10.2 Å². The van der Waals surface area contributed by atoms with Crippen molar-refractivity contribution in [2.45, 2.75) is 19.8 Å². The minimum absolute atomic E-state index is 0.0267. The van der Waals surface area contributed by atoms with Gasteiger partial charge in [-0.15, -0.1) is 5.10 Å². The van der Waals surface area contributed by atoms with Crippen LogP contribution in [0.4, 0.5) is 0 Å². The fourth-order valence-electron chi connectivity index (χ4n) is 2.91. The van der Waals surface area contributed by atoms with Crippen LogP contribution < -0.4 is 5.32 Å². The van der Waals surface area contributed by atoms with Crippen molar-refractivity contribution in [1.82, 2.24) is 24.7 Å². The summed E-state index contributed by atoms with van der Waals surface area (Å²) in [5.41, 5.74) is 1.53. The minimum atomic E-state index is -0.0267. The average molecular weight is 394 g/mol. The third-order valence-corrected chi connectivity index (χ3v) is 5.83. The lowest BCUT2D eigenvalue weighted by atomic mass is 10.2. The highest BCUT2D eigenvalue weighted by molar-refractivity contribution is 7.08. The van der Waals surface area contributed by atoms with Gasteiger partial charge >= 0.3 is 0 Å². The number of aryl methyl sites for hydroxylation is 1. The van der Waals surface area contributed by atoms with Gasteiger partial charge in [0.1, 0.15) is 4.88 Å². The second-order valence-electron chi connectivity index (χ2n) is 6.20. The predicted octanol–water partition coefficient (Wildman–Crippen LogP) is 1.74. The summed E-state index contributed by atoms with van der Waals surface area (Å²) in [4.78, 5) is 29.4. The van der Waals surface area contributed by atoms with E-state index in [9.17, 15) is 9.59 Å². The summed E-state index contributed by atoms with van der Waals surface area (Å²) < 4.78 is 3.94. The maximum absolute atomic E-state index is 12.7. The number of hydrogen-bond donors (Lipinski definition) is 1. The van der Waals surface area contributed by atoms with Crippen LogP contribution in [0.3, 0.4) is 0 Å². The summed E-state index contributed by atoms with van der Waals surface area (Å²) in [7, 11) is 0. The zero-order chi connectivity index (χ0) is 18.4. The molecule has 2 amide bonds. The molecule has 1 aliphatic rings. The zero-order valence-electron chi connectivity index (χ0n) is 14.8. The smallest absolute Gasteiger partial charge is 0.267 e. The van der Waals surface area contributed by atoms with Crippen molar-refractivity contribution in [3.63, 3.8) is 0 Å². The Balaban J connectivity index is 1.42. The van der Waals surface area contributed by atoms with Gasteiger partial charge in [-0.2, -0.15) is 11.3 Å². The first-order valence-electron chi connectivity index (χ1n) is 8.82. The van der Waals surface area contributed by atoms with E-state index in [0.717, 1.165) is 38.2 Å². The average Bonchev–Trinajstić information content (AvgIpc) is 3.34. The van der Waals surface area contributed by atoms with Crippen LogP contribution in [0.2, 0.25) is 0 Å². The number of carbonyl (C=O) groups is 2. The topological polar surface area (TPSA) is 78.4 Å². The maximum atomic E-state index is 12.7. The first-order valence-corrected chi connectivity index (χ1v) is 10.5. The molecule has 9 heteroatoms. The predicted molar refractivity (Wildman–Crippen MR) is 103 cm³/mol. The molecule has 1 aliphatic heterocycles. The third-order valence-electron chi connectivity index (χ3n) is 4.39. The summed E-state index contributed by atoms with van der Waals surface area (Å²) in [5.74, 6) is 0.0232. The molecule has 3 heterocycles. The number of nitrogens with zero attached hydrogens (tertiary/aromatic N) is 4. The number of piperazine rings is 1. The molecule has 2 aromatic rings. The molecule has 0 saturated carbocycles. The molecule has 2 aromatic heterocycles. The van der Waals surface area contributed by atoms with Gasteiger partial charge in [0, 0.05) is 50.2 Å². The summed E-state index contributed by atoms with van der Waals surface area (Å²) in [6.45, 7) is 6.50. The third kappa shape index (κ3) is 4.66.